The van der Waals surface area contributed by atoms with Crippen molar-refractivity contribution < 1.29 is 4.39 Å². The second-order valence-electron chi connectivity index (χ2n) is 5.44. The number of nitrogens with zero attached hydrogens (tertiary/aromatic N) is 1. The smallest absolute Gasteiger partial charge is 0.123 e. The third-order valence-corrected chi connectivity index (χ3v) is 3.83. The van der Waals surface area contributed by atoms with Gasteiger partial charge < -0.3 is 10.2 Å². The van der Waals surface area contributed by atoms with Gasteiger partial charge in [0.25, 0.3) is 0 Å². The summed E-state index contributed by atoms with van der Waals surface area (Å²) in [4.78, 5) is 2.23. The van der Waals surface area contributed by atoms with Crippen LogP contribution in [0.3, 0.4) is 0 Å². The van der Waals surface area contributed by atoms with Crippen LogP contribution in [0.15, 0.2) is 48.5 Å². The van der Waals surface area contributed by atoms with Crippen LogP contribution in [-0.2, 0) is 0 Å². The van der Waals surface area contributed by atoms with Gasteiger partial charge in [-0.05, 0) is 50.2 Å². The van der Waals surface area contributed by atoms with Crippen LogP contribution in [0.5, 0.6) is 0 Å². The van der Waals surface area contributed by atoms with Gasteiger partial charge in [0.1, 0.15) is 5.82 Å². The molecule has 3 heteroatoms. The second-order valence-corrected chi connectivity index (χ2v) is 5.44. The van der Waals surface area contributed by atoms with E-state index >= 15 is 0 Å². The van der Waals surface area contributed by atoms with Crippen molar-refractivity contribution in [3.63, 3.8) is 0 Å². The average Bonchev–Trinajstić information content (AvgIpc) is 2.48. The van der Waals surface area contributed by atoms with Gasteiger partial charge in [-0.3, -0.25) is 0 Å². The number of nitrogens with one attached hydrogen (secondary N) is 1. The predicted molar refractivity (Wildman–Crippen MR) is 87.3 cm³/mol. The standard InChI is InChI=1S/C18H23FN2/c1-14-7-9-17(10-8-14)21(3)12-11-18(20-2)15-5-4-6-16(19)13-15/h4-10,13,18,20H,11-12H2,1-3H3. The Bertz CT molecular complexity index is 566. The summed E-state index contributed by atoms with van der Waals surface area (Å²) in [5, 5.41) is 3.27. The van der Waals surface area contributed by atoms with E-state index in [1.807, 2.05) is 13.1 Å². The predicted octanol–water partition coefficient (Wildman–Crippen LogP) is 3.92. The van der Waals surface area contributed by atoms with Crippen molar-refractivity contribution in [3.8, 4) is 0 Å². The van der Waals surface area contributed by atoms with Gasteiger partial charge in [-0.25, -0.2) is 4.39 Å². The van der Waals surface area contributed by atoms with Crippen molar-refractivity contribution in [2.45, 2.75) is 19.4 Å². The first-order valence-corrected chi connectivity index (χ1v) is 7.30. The van der Waals surface area contributed by atoms with E-state index in [1.54, 1.807) is 12.1 Å². The van der Waals surface area contributed by atoms with Gasteiger partial charge in [0.05, 0.1) is 0 Å². The van der Waals surface area contributed by atoms with E-state index in [2.05, 4.69) is 48.5 Å². The minimum atomic E-state index is -0.181. The molecule has 112 valence electrons. The van der Waals surface area contributed by atoms with Crippen molar-refractivity contribution in [3.05, 3.63) is 65.5 Å². The first-order valence-electron chi connectivity index (χ1n) is 7.30. The van der Waals surface area contributed by atoms with Crippen LogP contribution < -0.4 is 10.2 Å². The molecular formula is C18H23FN2. The summed E-state index contributed by atoms with van der Waals surface area (Å²) in [5.41, 5.74) is 3.46. The molecule has 0 fully saturated rings. The molecule has 0 aliphatic rings. The lowest BCUT2D eigenvalue weighted by Crippen LogP contribution is -2.25. The third kappa shape index (κ3) is 4.30. The first kappa shape index (κ1) is 15.5. The first-order chi connectivity index (χ1) is 10.1. The van der Waals surface area contributed by atoms with Crippen molar-refractivity contribution >= 4 is 5.69 Å². The van der Waals surface area contributed by atoms with Gasteiger partial charge in [-0.15, -0.1) is 0 Å². The highest BCUT2D eigenvalue weighted by Crippen LogP contribution is 2.20. The fraction of sp³-hybridized carbons (Fsp3) is 0.333. The number of rotatable bonds is 6. The maximum absolute atomic E-state index is 13.3. The van der Waals surface area contributed by atoms with Gasteiger partial charge in [0.15, 0.2) is 0 Å². The fourth-order valence-electron chi connectivity index (χ4n) is 2.45. The quantitative estimate of drug-likeness (QED) is 0.866. The molecule has 2 rings (SSSR count). The Balaban J connectivity index is 1.98. The number of anilines is 1. The molecule has 0 radical (unpaired) electrons. The largest absolute Gasteiger partial charge is 0.375 e. The monoisotopic (exact) mass is 286 g/mol. The fourth-order valence-corrected chi connectivity index (χ4v) is 2.45. The summed E-state index contributed by atoms with van der Waals surface area (Å²) in [7, 11) is 4.00. The summed E-state index contributed by atoms with van der Waals surface area (Å²) in [6.07, 6.45) is 0.921. The second kappa shape index (κ2) is 7.23. The summed E-state index contributed by atoms with van der Waals surface area (Å²) < 4.78 is 13.3. The summed E-state index contributed by atoms with van der Waals surface area (Å²) in [6.45, 7) is 3.00. The highest BCUT2D eigenvalue weighted by atomic mass is 19.1. The molecule has 1 atom stereocenters. The van der Waals surface area contributed by atoms with Gasteiger partial charge in [0, 0.05) is 25.3 Å². The molecule has 2 aromatic carbocycles. The number of hydrogen-bond donors (Lipinski definition) is 1. The lowest BCUT2D eigenvalue weighted by Gasteiger charge is -2.23. The minimum Gasteiger partial charge on any atom is -0.375 e. The average molecular weight is 286 g/mol. The Hall–Kier alpha value is -1.87. The molecule has 0 heterocycles. The number of halogens is 1. The van der Waals surface area contributed by atoms with Gasteiger partial charge in [0.2, 0.25) is 0 Å². The summed E-state index contributed by atoms with van der Waals surface area (Å²) >= 11 is 0. The topological polar surface area (TPSA) is 15.3 Å². The Morgan fingerprint density at radius 1 is 1.14 bits per heavy atom. The number of hydrogen-bond acceptors (Lipinski definition) is 2. The van der Waals surface area contributed by atoms with Crippen LogP contribution in [0.4, 0.5) is 10.1 Å². The van der Waals surface area contributed by atoms with Crippen molar-refractivity contribution in [1.82, 2.24) is 5.32 Å². The lowest BCUT2D eigenvalue weighted by molar-refractivity contribution is 0.542. The van der Waals surface area contributed by atoms with E-state index in [0.29, 0.717) is 0 Å². The molecule has 2 nitrogen and oxygen atoms in total. The van der Waals surface area contributed by atoms with Crippen LogP contribution >= 0.6 is 0 Å². The van der Waals surface area contributed by atoms with Crippen LogP contribution in [0.1, 0.15) is 23.6 Å². The Labute approximate surface area is 126 Å². The maximum Gasteiger partial charge on any atom is 0.123 e. The van der Waals surface area contributed by atoms with E-state index < -0.39 is 0 Å². The molecule has 0 saturated carbocycles. The van der Waals surface area contributed by atoms with E-state index in [0.717, 1.165) is 18.5 Å². The van der Waals surface area contributed by atoms with E-state index in [9.17, 15) is 4.39 Å². The molecular weight excluding hydrogens is 263 g/mol. The maximum atomic E-state index is 13.3. The molecule has 1 N–H and O–H groups in total. The number of aryl methyl sites for hydroxylation is 1. The minimum absolute atomic E-state index is 0.161. The van der Waals surface area contributed by atoms with Crippen molar-refractivity contribution in [2.24, 2.45) is 0 Å². The van der Waals surface area contributed by atoms with Crippen LogP contribution in [0, 0.1) is 12.7 Å². The molecule has 0 aliphatic carbocycles. The Morgan fingerprint density at radius 3 is 2.48 bits per heavy atom. The third-order valence-electron chi connectivity index (χ3n) is 3.83. The van der Waals surface area contributed by atoms with Gasteiger partial charge in [-0.2, -0.15) is 0 Å². The van der Waals surface area contributed by atoms with Crippen LogP contribution in [0.25, 0.3) is 0 Å². The summed E-state index contributed by atoms with van der Waals surface area (Å²) in [5.74, 6) is -0.181. The molecule has 0 spiro atoms. The van der Waals surface area contributed by atoms with Crippen molar-refractivity contribution in [2.75, 3.05) is 25.5 Å². The Kier molecular flexibility index (Phi) is 5.34. The molecule has 1 unspecified atom stereocenters. The zero-order valence-corrected chi connectivity index (χ0v) is 12.9. The molecule has 0 amide bonds. The molecule has 21 heavy (non-hydrogen) atoms. The molecule has 0 aliphatic heterocycles. The van der Waals surface area contributed by atoms with E-state index in [1.165, 1.54) is 17.3 Å². The van der Waals surface area contributed by atoms with Gasteiger partial charge >= 0.3 is 0 Å². The molecule has 0 aromatic heterocycles. The summed E-state index contributed by atoms with van der Waals surface area (Å²) in [6, 6.07) is 15.5. The van der Waals surface area contributed by atoms with Gasteiger partial charge in [-0.1, -0.05) is 29.8 Å². The van der Waals surface area contributed by atoms with E-state index in [-0.39, 0.29) is 11.9 Å². The molecule has 2 aromatic rings. The zero-order chi connectivity index (χ0) is 15.2. The van der Waals surface area contributed by atoms with E-state index in [4.69, 9.17) is 0 Å². The molecule has 0 saturated heterocycles. The van der Waals surface area contributed by atoms with Crippen LogP contribution in [-0.4, -0.2) is 20.6 Å². The number of benzene rings is 2. The zero-order valence-electron chi connectivity index (χ0n) is 12.9. The normalized spacial score (nSPS) is 12.2. The Morgan fingerprint density at radius 2 is 1.86 bits per heavy atom. The SMILES string of the molecule is CNC(CCN(C)c1ccc(C)cc1)c1cccc(F)c1. The lowest BCUT2D eigenvalue weighted by atomic mass is 10.0. The van der Waals surface area contributed by atoms with Crippen molar-refractivity contribution in [1.29, 1.82) is 0 Å². The molecule has 0 bridgehead atoms. The highest BCUT2D eigenvalue weighted by molar-refractivity contribution is 5.46. The highest BCUT2D eigenvalue weighted by Gasteiger charge is 2.11. The van der Waals surface area contributed by atoms with Crippen LogP contribution in [0.2, 0.25) is 0 Å².